The summed E-state index contributed by atoms with van der Waals surface area (Å²) in [6, 6.07) is 8.14. The highest BCUT2D eigenvalue weighted by Crippen LogP contribution is 2.21. The molecule has 1 aromatic carbocycles. The lowest BCUT2D eigenvalue weighted by atomic mass is 10.2. The first kappa shape index (κ1) is 19.4. The molecule has 0 aliphatic carbocycles. The minimum atomic E-state index is 0.215. The minimum absolute atomic E-state index is 0.215. The summed E-state index contributed by atoms with van der Waals surface area (Å²) in [4.78, 5) is 18.0. The maximum atomic E-state index is 11.9. The molecule has 2 aliphatic heterocycles. The summed E-state index contributed by atoms with van der Waals surface area (Å²) >= 11 is 0. The molecule has 8 nitrogen and oxygen atoms in total. The predicted octanol–water partition coefficient (Wildman–Crippen LogP) is 2.00. The minimum Gasteiger partial charge on any atom is -0.352 e. The third-order valence-electron chi connectivity index (χ3n) is 5.61. The molecule has 0 bridgehead atoms. The number of amides is 1. The summed E-state index contributed by atoms with van der Waals surface area (Å²) in [5, 5.41) is 15.4. The van der Waals surface area contributed by atoms with Gasteiger partial charge in [0.05, 0.1) is 6.54 Å². The largest absolute Gasteiger partial charge is 0.352 e. The van der Waals surface area contributed by atoms with Crippen molar-refractivity contribution in [3.63, 3.8) is 0 Å². The van der Waals surface area contributed by atoms with Crippen LogP contribution in [-0.4, -0.2) is 40.2 Å². The van der Waals surface area contributed by atoms with Gasteiger partial charge in [-0.25, -0.2) is 0 Å². The molecule has 1 fully saturated rings. The Hall–Kier alpha value is -2.90. The number of aromatic nitrogens is 3. The van der Waals surface area contributed by atoms with Gasteiger partial charge in [0.15, 0.2) is 11.8 Å². The second kappa shape index (κ2) is 9.07. The Balaban J connectivity index is 1.30. The standard InChI is InChI=1S/C21H29N7O/c1-22-21(24-15-19-26-25-18-6-3-2-4-12-28(18)19)23-14-16-8-10-17(11-9-16)27-13-5-7-20(27)29/h8-11H,2-7,12-15H2,1H3,(H2,22,23,24). The lowest BCUT2D eigenvalue weighted by Crippen LogP contribution is -2.37. The average Bonchev–Trinajstić information content (AvgIpc) is 3.27. The lowest BCUT2D eigenvalue weighted by Gasteiger charge is -2.16. The Morgan fingerprint density at radius 1 is 1.00 bits per heavy atom. The van der Waals surface area contributed by atoms with Gasteiger partial charge in [-0.2, -0.15) is 0 Å². The number of benzene rings is 1. The molecule has 1 aromatic heterocycles. The molecule has 8 heteroatoms. The lowest BCUT2D eigenvalue weighted by molar-refractivity contribution is -0.117. The van der Waals surface area contributed by atoms with Gasteiger partial charge in [0, 0.05) is 45.2 Å². The van der Waals surface area contributed by atoms with Crippen LogP contribution in [0.15, 0.2) is 29.3 Å². The molecule has 29 heavy (non-hydrogen) atoms. The fourth-order valence-corrected chi connectivity index (χ4v) is 3.96. The van der Waals surface area contributed by atoms with Crippen LogP contribution >= 0.6 is 0 Å². The van der Waals surface area contributed by atoms with Crippen LogP contribution in [-0.2, 0) is 30.8 Å². The zero-order chi connectivity index (χ0) is 20.1. The van der Waals surface area contributed by atoms with Gasteiger partial charge >= 0.3 is 0 Å². The summed E-state index contributed by atoms with van der Waals surface area (Å²) in [5.74, 6) is 3.00. The first-order chi connectivity index (χ1) is 14.2. The van der Waals surface area contributed by atoms with E-state index in [4.69, 9.17) is 0 Å². The number of hydrogen-bond donors (Lipinski definition) is 2. The number of aryl methyl sites for hydroxylation is 1. The molecule has 1 saturated heterocycles. The van der Waals surface area contributed by atoms with E-state index in [1.165, 1.54) is 19.3 Å². The third-order valence-corrected chi connectivity index (χ3v) is 5.61. The molecular weight excluding hydrogens is 366 g/mol. The number of anilines is 1. The van der Waals surface area contributed by atoms with Gasteiger partial charge in [0.1, 0.15) is 5.82 Å². The number of hydrogen-bond acceptors (Lipinski definition) is 4. The molecule has 154 valence electrons. The first-order valence-electron chi connectivity index (χ1n) is 10.5. The number of carbonyl (C=O) groups is 1. The van der Waals surface area contributed by atoms with Crippen molar-refractivity contribution in [3.05, 3.63) is 41.5 Å². The monoisotopic (exact) mass is 395 g/mol. The van der Waals surface area contributed by atoms with Crippen molar-refractivity contribution < 1.29 is 4.79 Å². The maximum Gasteiger partial charge on any atom is 0.227 e. The van der Waals surface area contributed by atoms with E-state index in [1.807, 2.05) is 17.0 Å². The van der Waals surface area contributed by atoms with E-state index in [9.17, 15) is 4.79 Å². The molecule has 2 N–H and O–H groups in total. The van der Waals surface area contributed by atoms with Crippen LogP contribution in [0.5, 0.6) is 0 Å². The number of carbonyl (C=O) groups excluding carboxylic acids is 1. The summed E-state index contributed by atoms with van der Waals surface area (Å²) in [7, 11) is 1.77. The Morgan fingerprint density at radius 3 is 2.59 bits per heavy atom. The highest BCUT2D eigenvalue weighted by atomic mass is 16.2. The second-order valence-corrected chi connectivity index (χ2v) is 7.59. The molecule has 4 rings (SSSR count). The fourth-order valence-electron chi connectivity index (χ4n) is 3.96. The Morgan fingerprint density at radius 2 is 1.83 bits per heavy atom. The van der Waals surface area contributed by atoms with Gasteiger partial charge in [-0.05, 0) is 37.0 Å². The van der Waals surface area contributed by atoms with Crippen LogP contribution in [0.4, 0.5) is 5.69 Å². The van der Waals surface area contributed by atoms with E-state index in [-0.39, 0.29) is 5.91 Å². The van der Waals surface area contributed by atoms with Crippen LogP contribution in [0.3, 0.4) is 0 Å². The van der Waals surface area contributed by atoms with E-state index < -0.39 is 0 Å². The van der Waals surface area contributed by atoms with Crippen LogP contribution in [0.25, 0.3) is 0 Å². The molecule has 0 saturated carbocycles. The van der Waals surface area contributed by atoms with Gasteiger partial charge in [0.25, 0.3) is 0 Å². The van der Waals surface area contributed by atoms with Crippen LogP contribution in [0, 0.1) is 0 Å². The smallest absolute Gasteiger partial charge is 0.227 e. The van der Waals surface area contributed by atoms with E-state index in [1.54, 1.807) is 7.05 Å². The summed E-state index contributed by atoms with van der Waals surface area (Å²) in [6.07, 6.45) is 6.24. The predicted molar refractivity (Wildman–Crippen MR) is 113 cm³/mol. The summed E-state index contributed by atoms with van der Waals surface area (Å²) in [5.41, 5.74) is 2.12. The number of guanidine groups is 1. The van der Waals surface area contributed by atoms with Gasteiger partial charge in [0.2, 0.25) is 5.91 Å². The molecule has 0 atom stereocenters. The van der Waals surface area contributed by atoms with Crippen molar-refractivity contribution in [1.29, 1.82) is 0 Å². The summed E-state index contributed by atoms with van der Waals surface area (Å²) in [6.45, 7) is 3.07. The highest BCUT2D eigenvalue weighted by molar-refractivity contribution is 5.95. The maximum absolute atomic E-state index is 11.9. The summed E-state index contributed by atoms with van der Waals surface area (Å²) < 4.78 is 2.24. The molecule has 3 heterocycles. The topological polar surface area (TPSA) is 87.4 Å². The van der Waals surface area contributed by atoms with Crippen LogP contribution < -0.4 is 15.5 Å². The Labute approximate surface area is 171 Å². The Kier molecular flexibility index (Phi) is 6.07. The molecule has 2 aliphatic rings. The van der Waals surface area contributed by atoms with Crippen molar-refractivity contribution in [1.82, 2.24) is 25.4 Å². The SMILES string of the molecule is CN=C(NCc1ccc(N2CCCC2=O)cc1)NCc1nnc2n1CCCCC2. The number of aliphatic imine (C=N–C) groups is 1. The fraction of sp³-hybridized carbons (Fsp3) is 0.524. The molecule has 1 amide bonds. The van der Waals surface area contributed by atoms with E-state index in [2.05, 4.69) is 42.5 Å². The van der Waals surface area contributed by atoms with Crippen molar-refractivity contribution in [2.45, 2.75) is 58.2 Å². The first-order valence-corrected chi connectivity index (χ1v) is 10.5. The van der Waals surface area contributed by atoms with Crippen molar-refractivity contribution in [2.24, 2.45) is 4.99 Å². The molecule has 0 radical (unpaired) electrons. The van der Waals surface area contributed by atoms with E-state index in [0.29, 0.717) is 19.5 Å². The van der Waals surface area contributed by atoms with Gasteiger partial charge in [-0.3, -0.25) is 9.79 Å². The van der Waals surface area contributed by atoms with Crippen molar-refractivity contribution in [2.75, 3.05) is 18.5 Å². The number of rotatable bonds is 5. The zero-order valence-electron chi connectivity index (χ0n) is 17.0. The van der Waals surface area contributed by atoms with E-state index >= 15 is 0 Å². The molecular formula is C21H29N7O. The van der Waals surface area contributed by atoms with E-state index in [0.717, 1.165) is 54.8 Å². The number of nitrogens with zero attached hydrogens (tertiary/aromatic N) is 5. The number of nitrogens with one attached hydrogen (secondary N) is 2. The Bertz CT molecular complexity index is 872. The molecule has 0 unspecified atom stereocenters. The average molecular weight is 396 g/mol. The van der Waals surface area contributed by atoms with Gasteiger partial charge in [-0.1, -0.05) is 18.6 Å². The number of fused-ring (bicyclic) bond motifs is 1. The van der Waals surface area contributed by atoms with Crippen molar-refractivity contribution >= 4 is 17.6 Å². The van der Waals surface area contributed by atoms with Crippen LogP contribution in [0.1, 0.15) is 49.3 Å². The normalized spacial score (nSPS) is 17.2. The quantitative estimate of drug-likeness (QED) is 0.597. The molecule has 0 spiro atoms. The highest BCUT2D eigenvalue weighted by Gasteiger charge is 2.21. The van der Waals surface area contributed by atoms with Crippen LogP contribution in [0.2, 0.25) is 0 Å². The van der Waals surface area contributed by atoms with Gasteiger partial charge in [-0.15, -0.1) is 10.2 Å². The second-order valence-electron chi connectivity index (χ2n) is 7.59. The van der Waals surface area contributed by atoms with Crippen molar-refractivity contribution in [3.8, 4) is 0 Å². The third kappa shape index (κ3) is 4.58. The zero-order valence-corrected chi connectivity index (χ0v) is 17.0. The van der Waals surface area contributed by atoms with Gasteiger partial charge < -0.3 is 20.1 Å². The molecule has 2 aromatic rings.